The predicted molar refractivity (Wildman–Crippen MR) is 109 cm³/mol. The fourth-order valence-corrected chi connectivity index (χ4v) is 3.64. The summed E-state index contributed by atoms with van der Waals surface area (Å²) >= 11 is 0. The van der Waals surface area contributed by atoms with E-state index in [1.54, 1.807) is 0 Å². The van der Waals surface area contributed by atoms with E-state index < -0.39 is 86.3 Å². The van der Waals surface area contributed by atoms with Crippen molar-refractivity contribution in [2.75, 3.05) is 13.2 Å². The SMILES string of the molecule is O=C(NC1O[C@H](CO)[C@@H](O)[C@H](O)[C@H]1O)c1ccc(C(=O)NC2O[C@H](CO)[C@@H](O)[C@H](O)[C@H]2O)cc1. The first-order valence-corrected chi connectivity index (χ1v) is 10.4. The maximum atomic E-state index is 12.5. The standard InChI is InChI=1S/C20H28N2O12/c23-5-9-11(25)13(27)15(29)19(33-9)21-17(31)7-1-2-8(4-3-7)18(32)22-20-16(30)14(28)12(26)10(6-24)34-20/h1-4,9-16,19-20,23-30H,5-6H2,(H,21,31)(H,22,32)/t9-,10-,11-,12-,13+,14+,15-,16-,19?,20?/m1/s1. The number of aliphatic hydroxyl groups is 8. The molecule has 34 heavy (non-hydrogen) atoms. The maximum absolute atomic E-state index is 12.5. The molecule has 0 radical (unpaired) electrons. The van der Waals surface area contributed by atoms with Crippen LogP contribution in [0.15, 0.2) is 24.3 Å². The van der Waals surface area contributed by atoms with Crippen LogP contribution in [0.25, 0.3) is 0 Å². The summed E-state index contributed by atoms with van der Waals surface area (Å²) in [6, 6.07) is 5.06. The highest BCUT2D eigenvalue weighted by Crippen LogP contribution is 2.21. The second kappa shape index (κ2) is 11.0. The monoisotopic (exact) mass is 488 g/mol. The van der Waals surface area contributed by atoms with E-state index in [1.807, 2.05) is 0 Å². The zero-order chi connectivity index (χ0) is 25.2. The van der Waals surface area contributed by atoms with Crippen LogP contribution in [0.2, 0.25) is 0 Å². The Hall–Kier alpha value is -2.24. The van der Waals surface area contributed by atoms with E-state index in [2.05, 4.69) is 10.6 Å². The summed E-state index contributed by atoms with van der Waals surface area (Å²) in [5, 5.41) is 82.3. The molecule has 0 bridgehead atoms. The molecule has 2 aliphatic rings. The molecule has 0 aliphatic carbocycles. The number of aliphatic hydroxyl groups excluding tert-OH is 8. The molecular weight excluding hydrogens is 460 g/mol. The maximum Gasteiger partial charge on any atom is 0.253 e. The number of carbonyl (C=O) groups is 2. The molecule has 0 spiro atoms. The Morgan fingerprint density at radius 2 is 0.941 bits per heavy atom. The van der Waals surface area contributed by atoms with Gasteiger partial charge in [0.15, 0.2) is 12.5 Å². The molecular formula is C20H28N2O12. The van der Waals surface area contributed by atoms with Crippen molar-refractivity contribution in [3.63, 3.8) is 0 Å². The predicted octanol–water partition coefficient (Wildman–Crippen LogP) is -5.25. The smallest absolute Gasteiger partial charge is 0.253 e. The minimum Gasteiger partial charge on any atom is -0.394 e. The second-order valence-corrected chi connectivity index (χ2v) is 8.02. The van der Waals surface area contributed by atoms with Gasteiger partial charge in [0.1, 0.15) is 48.8 Å². The van der Waals surface area contributed by atoms with Crippen molar-refractivity contribution in [3.8, 4) is 0 Å². The van der Waals surface area contributed by atoms with Gasteiger partial charge in [0.2, 0.25) is 0 Å². The molecule has 0 saturated carbocycles. The molecule has 1 aromatic carbocycles. The molecule has 2 amide bonds. The van der Waals surface area contributed by atoms with Crippen LogP contribution in [0, 0.1) is 0 Å². The number of amides is 2. The first kappa shape index (κ1) is 26.4. The summed E-state index contributed by atoms with van der Waals surface area (Å²) in [5.41, 5.74) is 0.0858. The van der Waals surface area contributed by atoms with Gasteiger partial charge < -0.3 is 61.0 Å². The minimum absolute atomic E-state index is 0.0429. The lowest BCUT2D eigenvalue weighted by atomic mass is 9.98. The molecule has 190 valence electrons. The van der Waals surface area contributed by atoms with Crippen molar-refractivity contribution >= 4 is 11.8 Å². The van der Waals surface area contributed by atoms with Crippen LogP contribution in [0.1, 0.15) is 20.7 Å². The lowest BCUT2D eigenvalue weighted by molar-refractivity contribution is -0.233. The lowest BCUT2D eigenvalue weighted by Gasteiger charge is -2.40. The summed E-state index contributed by atoms with van der Waals surface area (Å²) in [6.07, 6.45) is -15.0. The average molecular weight is 488 g/mol. The molecule has 2 aliphatic heterocycles. The number of hydrogen-bond acceptors (Lipinski definition) is 12. The van der Waals surface area contributed by atoms with E-state index in [9.17, 15) is 50.4 Å². The number of nitrogens with one attached hydrogen (secondary N) is 2. The molecule has 14 nitrogen and oxygen atoms in total. The Balaban J connectivity index is 1.62. The highest BCUT2D eigenvalue weighted by molar-refractivity contribution is 5.98. The summed E-state index contributed by atoms with van der Waals surface area (Å²) in [5.74, 6) is -1.49. The van der Waals surface area contributed by atoms with Gasteiger partial charge >= 0.3 is 0 Å². The Kier molecular flexibility index (Phi) is 8.53. The van der Waals surface area contributed by atoms with Gasteiger partial charge in [-0.25, -0.2) is 0 Å². The van der Waals surface area contributed by atoms with Gasteiger partial charge in [0.05, 0.1) is 13.2 Å². The molecule has 2 fully saturated rings. The van der Waals surface area contributed by atoms with Crippen LogP contribution in [0.3, 0.4) is 0 Å². The van der Waals surface area contributed by atoms with Crippen LogP contribution >= 0.6 is 0 Å². The Morgan fingerprint density at radius 3 is 1.24 bits per heavy atom. The first-order chi connectivity index (χ1) is 16.1. The van der Waals surface area contributed by atoms with E-state index in [-0.39, 0.29) is 11.1 Å². The van der Waals surface area contributed by atoms with Gasteiger partial charge in [-0.2, -0.15) is 0 Å². The third-order valence-electron chi connectivity index (χ3n) is 5.74. The normalized spacial score (nSPS) is 38.2. The molecule has 2 saturated heterocycles. The van der Waals surface area contributed by atoms with Gasteiger partial charge in [0.25, 0.3) is 11.8 Å². The van der Waals surface area contributed by atoms with E-state index >= 15 is 0 Å². The van der Waals surface area contributed by atoms with Crippen LogP contribution in [0.4, 0.5) is 0 Å². The molecule has 2 heterocycles. The topological polar surface area (TPSA) is 238 Å². The van der Waals surface area contributed by atoms with E-state index in [0.29, 0.717) is 0 Å². The van der Waals surface area contributed by atoms with E-state index in [4.69, 9.17) is 9.47 Å². The Bertz CT molecular complexity index is 781. The highest BCUT2D eigenvalue weighted by atomic mass is 16.6. The number of hydrogen-bond donors (Lipinski definition) is 10. The van der Waals surface area contributed by atoms with E-state index in [0.717, 1.165) is 0 Å². The van der Waals surface area contributed by atoms with Crippen molar-refractivity contribution < 1.29 is 59.9 Å². The summed E-state index contributed by atoms with van der Waals surface area (Å²) < 4.78 is 10.4. The van der Waals surface area contributed by atoms with Crippen LogP contribution < -0.4 is 10.6 Å². The van der Waals surface area contributed by atoms with Crippen LogP contribution in [-0.4, -0.2) is 127 Å². The largest absolute Gasteiger partial charge is 0.394 e. The Labute approximate surface area is 193 Å². The average Bonchev–Trinajstić information content (AvgIpc) is 2.84. The second-order valence-electron chi connectivity index (χ2n) is 8.02. The van der Waals surface area contributed by atoms with Gasteiger partial charge in [-0.1, -0.05) is 0 Å². The molecule has 10 N–H and O–H groups in total. The molecule has 10 atom stereocenters. The number of carbonyl (C=O) groups excluding carboxylic acids is 2. The zero-order valence-electron chi connectivity index (χ0n) is 17.7. The van der Waals surface area contributed by atoms with Gasteiger partial charge in [-0.05, 0) is 24.3 Å². The van der Waals surface area contributed by atoms with Crippen molar-refractivity contribution in [1.82, 2.24) is 10.6 Å². The zero-order valence-corrected chi connectivity index (χ0v) is 17.7. The molecule has 14 heteroatoms. The summed E-state index contributed by atoms with van der Waals surface area (Å²) in [6.45, 7) is -1.31. The third kappa shape index (κ3) is 5.36. The number of ether oxygens (including phenoxy) is 2. The minimum atomic E-state index is -1.66. The lowest BCUT2D eigenvalue weighted by Crippen LogP contribution is -2.63. The first-order valence-electron chi connectivity index (χ1n) is 10.4. The van der Waals surface area contributed by atoms with Crippen molar-refractivity contribution in [2.45, 2.75) is 61.3 Å². The van der Waals surface area contributed by atoms with E-state index in [1.165, 1.54) is 24.3 Å². The fraction of sp³-hybridized carbons (Fsp3) is 0.600. The molecule has 2 unspecified atom stereocenters. The summed E-state index contributed by atoms with van der Waals surface area (Å²) in [7, 11) is 0. The van der Waals surface area contributed by atoms with Gasteiger partial charge in [0, 0.05) is 11.1 Å². The number of rotatable bonds is 6. The molecule has 3 rings (SSSR count). The van der Waals surface area contributed by atoms with Crippen molar-refractivity contribution in [2.24, 2.45) is 0 Å². The Morgan fingerprint density at radius 1 is 0.618 bits per heavy atom. The van der Waals surface area contributed by atoms with Crippen molar-refractivity contribution in [1.29, 1.82) is 0 Å². The summed E-state index contributed by atoms with van der Waals surface area (Å²) in [4.78, 5) is 25.0. The third-order valence-corrected chi connectivity index (χ3v) is 5.74. The van der Waals surface area contributed by atoms with Crippen LogP contribution in [0.5, 0.6) is 0 Å². The molecule has 0 aromatic heterocycles. The van der Waals surface area contributed by atoms with Gasteiger partial charge in [-0.3, -0.25) is 9.59 Å². The number of benzene rings is 1. The quantitative estimate of drug-likeness (QED) is 0.181. The fourth-order valence-electron chi connectivity index (χ4n) is 3.64. The van der Waals surface area contributed by atoms with Crippen LogP contribution in [-0.2, 0) is 9.47 Å². The van der Waals surface area contributed by atoms with Crippen molar-refractivity contribution in [3.05, 3.63) is 35.4 Å². The highest BCUT2D eigenvalue weighted by Gasteiger charge is 2.45. The van der Waals surface area contributed by atoms with Gasteiger partial charge in [-0.15, -0.1) is 0 Å². The molecule has 1 aromatic rings.